The van der Waals surface area contributed by atoms with E-state index in [1.807, 2.05) is 18.2 Å². The molecule has 1 aromatic rings. The van der Waals surface area contributed by atoms with Crippen LogP contribution in [0.5, 0.6) is 5.75 Å². The molecule has 1 rings (SSSR count). The molecule has 0 aromatic heterocycles. The van der Waals surface area contributed by atoms with Crippen LogP contribution < -0.4 is 10.5 Å². The monoisotopic (exact) mass is 777 g/mol. The first kappa shape index (κ1) is 49.9. The molecule has 2 N–H and O–H groups in total. The van der Waals surface area contributed by atoms with Gasteiger partial charge in [0, 0.05) is 6.42 Å². The van der Waals surface area contributed by atoms with Gasteiger partial charge in [0.1, 0.15) is 19.0 Å². The number of carbonyl (C=O) groups excluding carboxylic acids is 1. The van der Waals surface area contributed by atoms with Gasteiger partial charge in [0.05, 0.1) is 151 Å². The molecule has 0 amide bonds. The molecular formula is C39H71NO14. The summed E-state index contributed by atoms with van der Waals surface area (Å²) in [4.78, 5) is 11.7. The molecule has 0 radical (unpaired) electrons. The van der Waals surface area contributed by atoms with Crippen molar-refractivity contribution in [3.8, 4) is 5.75 Å². The molecule has 0 saturated carbocycles. The average molecular weight is 778 g/mol. The van der Waals surface area contributed by atoms with Crippen LogP contribution in [-0.4, -0.2) is 165 Å². The van der Waals surface area contributed by atoms with Crippen LogP contribution in [0.2, 0.25) is 0 Å². The van der Waals surface area contributed by atoms with Crippen molar-refractivity contribution in [3.05, 3.63) is 24.3 Å². The van der Waals surface area contributed by atoms with E-state index in [1.54, 1.807) is 6.07 Å². The van der Waals surface area contributed by atoms with Crippen molar-refractivity contribution in [2.45, 2.75) is 51.9 Å². The normalized spacial score (nSPS) is 11.4. The molecule has 0 unspecified atom stereocenters. The highest BCUT2D eigenvalue weighted by atomic mass is 16.6. The number of ether oxygens (including phenoxy) is 13. The lowest BCUT2D eigenvalue weighted by atomic mass is 10.1. The summed E-state index contributed by atoms with van der Waals surface area (Å²) >= 11 is 0. The lowest BCUT2D eigenvalue weighted by Gasteiger charge is -2.10. The Morgan fingerprint density at radius 2 is 0.741 bits per heavy atom. The highest BCUT2D eigenvalue weighted by Gasteiger charge is 2.03. The van der Waals surface area contributed by atoms with Gasteiger partial charge in [-0.15, -0.1) is 0 Å². The summed E-state index contributed by atoms with van der Waals surface area (Å²) < 4.78 is 71.0. The first-order valence-electron chi connectivity index (χ1n) is 19.7. The maximum absolute atomic E-state index is 11.7. The highest BCUT2D eigenvalue weighted by Crippen LogP contribution is 2.19. The molecule has 0 bridgehead atoms. The van der Waals surface area contributed by atoms with Crippen molar-refractivity contribution in [1.82, 2.24) is 0 Å². The summed E-state index contributed by atoms with van der Waals surface area (Å²) in [6.07, 6.45) is 7.40. The number of rotatable bonds is 44. The van der Waals surface area contributed by atoms with E-state index in [0.717, 1.165) is 12.8 Å². The lowest BCUT2D eigenvalue weighted by Crippen LogP contribution is -2.16. The van der Waals surface area contributed by atoms with E-state index in [0.29, 0.717) is 170 Å². The third-order valence-corrected chi connectivity index (χ3v) is 7.35. The predicted molar refractivity (Wildman–Crippen MR) is 204 cm³/mol. The van der Waals surface area contributed by atoms with Crippen LogP contribution in [0.15, 0.2) is 24.3 Å². The van der Waals surface area contributed by atoms with Gasteiger partial charge in [-0.25, -0.2) is 0 Å². The summed E-state index contributed by atoms with van der Waals surface area (Å²) in [6, 6.07) is 7.37. The van der Waals surface area contributed by atoms with Gasteiger partial charge in [-0.05, 0) is 18.6 Å². The minimum atomic E-state index is -0.146. The van der Waals surface area contributed by atoms with Gasteiger partial charge in [0.15, 0.2) is 0 Å². The Hall–Kier alpha value is -2.15. The maximum Gasteiger partial charge on any atom is 0.305 e. The number of benzene rings is 1. The summed E-state index contributed by atoms with van der Waals surface area (Å²) in [5, 5.41) is 0. The molecule has 0 saturated heterocycles. The van der Waals surface area contributed by atoms with E-state index in [1.165, 1.54) is 25.7 Å². The topological polar surface area (TPSA) is 163 Å². The average Bonchev–Trinajstić information content (AvgIpc) is 3.18. The van der Waals surface area contributed by atoms with Crippen LogP contribution >= 0.6 is 0 Å². The number of hydrogen-bond donors (Lipinski definition) is 1. The fourth-order valence-electron chi connectivity index (χ4n) is 4.46. The zero-order valence-electron chi connectivity index (χ0n) is 33.0. The summed E-state index contributed by atoms with van der Waals surface area (Å²) in [5.74, 6) is 0.520. The Labute approximate surface area is 323 Å². The van der Waals surface area contributed by atoms with E-state index >= 15 is 0 Å². The van der Waals surface area contributed by atoms with Crippen LogP contribution in [0.4, 0.5) is 5.69 Å². The van der Waals surface area contributed by atoms with Crippen molar-refractivity contribution in [2.24, 2.45) is 0 Å². The van der Waals surface area contributed by atoms with Gasteiger partial charge in [-0.3, -0.25) is 4.79 Å². The van der Waals surface area contributed by atoms with Crippen LogP contribution in [-0.2, 0) is 61.6 Å². The van der Waals surface area contributed by atoms with Crippen LogP contribution in [0, 0.1) is 0 Å². The maximum atomic E-state index is 11.7. The van der Waals surface area contributed by atoms with Crippen molar-refractivity contribution in [1.29, 1.82) is 0 Å². The lowest BCUT2D eigenvalue weighted by molar-refractivity contribution is -0.145. The van der Waals surface area contributed by atoms with Gasteiger partial charge < -0.3 is 67.3 Å². The first-order valence-corrected chi connectivity index (χ1v) is 19.7. The number of hydrogen-bond acceptors (Lipinski definition) is 15. The quantitative estimate of drug-likeness (QED) is 0.0572. The SMILES string of the molecule is CCCCCCCCC(=O)OCCOCCOCCOCCOCCOCCOCCOCCOCCOCCOCCOCCOc1ccccc1N. The highest BCUT2D eigenvalue weighted by molar-refractivity contribution is 5.69. The van der Waals surface area contributed by atoms with Crippen LogP contribution in [0.25, 0.3) is 0 Å². The summed E-state index contributed by atoms with van der Waals surface area (Å²) in [5.41, 5.74) is 6.44. The largest absolute Gasteiger partial charge is 0.489 e. The Balaban J connectivity index is 1.63. The molecule has 0 atom stereocenters. The smallest absolute Gasteiger partial charge is 0.305 e. The third kappa shape index (κ3) is 36.8. The summed E-state index contributed by atoms with van der Waals surface area (Å²) in [7, 11) is 0. The molecule has 0 spiro atoms. The molecule has 1 aromatic carbocycles. The van der Waals surface area contributed by atoms with E-state index in [4.69, 9.17) is 67.3 Å². The Bertz CT molecular complexity index is 916. The Morgan fingerprint density at radius 3 is 1.11 bits per heavy atom. The molecule has 0 aliphatic rings. The second-order valence-corrected chi connectivity index (χ2v) is 11.9. The first-order chi connectivity index (χ1) is 26.7. The second-order valence-electron chi connectivity index (χ2n) is 11.9. The molecule has 54 heavy (non-hydrogen) atoms. The van der Waals surface area contributed by atoms with Crippen LogP contribution in [0.3, 0.4) is 0 Å². The van der Waals surface area contributed by atoms with E-state index < -0.39 is 0 Å². The number of para-hydroxylation sites is 2. The van der Waals surface area contributed by atoms with E-state index in [9.17, 15) is 4.79 Å². The molecule has 0 fully saturated rings. The minimum absolute atomic E-state index is 0.146. The fraction of sp³-hybridized carbons (Fsp3) is 0.821. The minimum Gasteiger partial charge on any atom is -0.489 e. The van der Waals surface area contributed by atoms with E-state index in [-0.39, 0.29) is 12.6 Å². The fourth-order valence-corrected chi connectivity index (χ4v) is 4.46. The van der Waals surface area contributed by atoms with Gasteiger partial charge in [0.2, 0.25) is 0 Å². The van der Waals surface area contributed by atoms with Crippen molar-refractivity contribution < 1.29 is 66.4 Å². The molecule has 0 aliphatic carbocycles. The zero-order chi connectivity index (χ0) is 38.7. The molecule has 316 valence electrons. The number of nitrogen functional groups attached to an aromatic ring is 1. The van der Waals surface area contributed by atoms with E-state index in [2.05, 4.69) is 6.92 Å². The molecular weight excluding hydrogens is 706 g/mol. The van der Waals surface area contributed by atoms with Crippen LogP contribution in [0.1, 0.15) is 51.9 Å². The molecule has 0 aliphatic heterocycles. The molecule has 15 heteroatoms. The Morgan fingerprint density at radius 1 is 0.426 bits per heavy atom. The summed E-state index contributed by atoms with van der Waals surface area (Å²) in [6.45, 7) is 13.6. The van der Waals surface area contributed by atoms with Crippen molar-refractivity contribution >= 4 is 11.7 Å². The van der Waals surface area contributed by atoms with Gasteiger partial charge in [-0.1, -0.05) is 51.2 Å². The second kappa shape index (κ2) is 42.0. The standard InChI is InChI=1S/C39H71NO14/c1-2-3-4-5-6-7-12-39(41)54-36-34-52-32-30-50-28-26-48-24-22-46-20-18-44-16-14-42-13-15-43-17-19-45-21-23-47-25-27-49-29-31-51-33-35-53-38-11-9-8-10-37(38)40/h8-11H,2-7,12-36,40H2,1H3. The number of anilines is 1. The number of nitrogens with two attached hydrogens (primary N) is 1. The molecule has 0 heterocycles. The number of carbonyl (C=O) groups is 1. The predicted octanol–water partition coefficient (Wildman–Crippen LogP) is 4.12. The Kier molecular flexibility index (Phi) is 38.8. The van der Waals surface area contributed by atoms with Gasteiger partial charge >= 0.3 is 5.97 Å². The van der Waals surface area contributed by atoms with Gasteiger partial charge in [-0.2, -0.15) is 0 Å². The molecule has 15 nitrogen and oxygen atoms in total. The van der Waals surface area contributed by atoms with Crippen molar-refractivity contribution in [3.63, 3.8) is 0 Å². The number of esters is 1. The van der Waals surface area contributed by atoms with Gasteiger partial charge in [0.25, 0.3) is 0 Å². The number of unbranched alkanes of at least 4 members (excludes halogenated alkanes) is 5. The zero-order valence-corrected chi connectivity index (χ0v) is 33.0. The third-order valence-electron chi connectivity index (χ3n) is 7.35. The van der Waals surface area contributed by atoms with Crippen molar-refractivity contribution in [2.75, 3.05) is 164 Å².